The van der Waals surface area contributed by atoms with Crippen LogP contribution in [0.25, 0.3) is 10.9 Å². The minimum Gasteiger partial charge on any atom is -0.368 e. The Morgan fingerprint density at radius 1 is 1.13 bits per heavy atom. The summed E-state index contributed by atoms with van der Waals surface area (Å²) < 4.78 is 0.891. The van der Waals surface area contributed by atoms with Crippen LogP contribution in [0.15, 0.2) is 53.4 Å². The summed E-state index contributed by atoms with van der Waals surface area (Å²) >= 11 is 3.45. The summed E-state index contributed by atoms with van der Waals surface area (Å²) in [4.78, 5) is 14.1. The Balaban J connectivity index is 1.44. The highest BCUT2D eigenvalue weighted by Crippen LogP contribution is 2.37. The van der Waals surface area contributed by atoms with E-state index in [1.54, 1.807) is 6.20 Å². The number of piperazine rings is 1. The Labute approximate surface area is 185 Å². The molecule has 0 aliphatic carbocycles. The molecule has 4 heterocycles. The Hall–Kier alpha value is -2.49. The van der Waals surface area contributed by atoms with Crippen molar-refractivity contribution in [1.29, 1.82) is 5.26 Å². The van der Waals surface area contributed by atoms with E-state index in [1.165, 1.54) is 17.7 Å². The molecule has 0 spiro atoms. The van der Waals surface area contributed by atoms with E-state index in [1.807, 2.05) is 24.4 Å². The highest BCUT2D eigenvalue weighted by atomic mass is 79.9. The SMILES string of the molecule is C[C@@H]1CN(c2ccc(C#N)c3ncccc23)C[C@@H]2CC(c3ccc(Br)nc3)CCN21. The number of benzene rings is 1. The van der Waals surface area contributed by atoms with E-state index < -0.39 is 0 Å². The number of nitriles is 1. The number of halogens is 1. The lowest BCUT2D eigenvalue weighted by Crippen LogP contribution is -2.60. The molecular formula is C24H24BrN5. The number of aromatic nitrogens is 2. The molecule has 0 bridgehead atoms. The largest absolute Gasteiger partial charge is 0.368 e. The second-order valence-corrected chi connectivity index (χ2v) is 9.24. The summed E-state index contributed by atoms with van der Waals surface area (Å²) in [6.45, 7) is 5.47. The molecular weight excluding hydrogens is 438 g/mol. The molecule has 2 fully saturated rings. The second kappa shape index (κ2) is 7.98. The first-order valence-corrected chi connectivity index (χ1v) is 11.3. The molecule has 2 aliphatic heterocycles. The van der Waals surface area contributed by atoms with Gasteiger partial charge < -0.3 is 4.90 Å². The fraction of sp³-hybridized carbons (Fsp3) is 0.375. The van der Waals surface area contributed by atoms with E-state index in [9.17, 15) is 5.26 Å². The molecule has 5 nitrogen and oxygen atoms in total. The highest BCUT2D eigenvalue weighted by Gasteiger charge is 2.37. The topological polar surface area (TPSA) is 56.1 Å². The molecule has 152 valence electrons. The number of piperidine rings is 1. The molecule has 2 aliphatic rings. The second-order valence-electron chi connectivity index (χ2n) is 8.42. The van der Waals surface area contributed by atoms with Gasteiger partial charge in [0.05, 0.1) is 11.1 Å². The van der Waals surface area contributed by atoms with Crippen molar-refractivity contribution in [2.45, 2.75) is 37.8 Å². The van der Waals surface area contributed by atoms with E-state index in [0.717, 1.165) is 41.6 Å². The molecule has 30 heavy (non-hydrogen) atoms. The Morgan fingerprint density at radius 3 is 2.83 bits per heavy atom. The summed E-state index contributed by atoms with van der Waals surface area (Å²) in [5.74, 6) is 0.554. The van der Waals surface area contributed by atoms with Crippen molar-refractivity contribution >= 4 is 32.5 Å². The van der Waals surface area contributed by atoms with Crippen molar-refractivity contribution in [2.75, 3.05) is 24.5 Å². The van der Waals surface area contributed by atoms with Gasteiger partial charge in [-0.1, -0.05) is 6.07 Å². The highest BCUT2D eigenvalue weighted by molar-refractivity contribution is 9.10. The van der Waals surface area contributed by atoms with Crippen molar-refractivity contribution in [3.63, 3.8) is 0 Å². The molecule has 2 aromatic heterocycles. The van der Waals surface area contributed by atoms with Crippen LogP contribution in [-0.2, 0) is 0 Å². The van der Waals surface area contributed by atoms with Gasteiger partial charge in [0.1, 0.15) is 10.7 Å². The summed E-state index contributed by atoms with van der Waals surface area (Å²) in [5.41, 5.74) is 3.98. The van der Waals surface area contributed by atoms with Crippen LogP contribution in [0.1, 0.15) is 36.8 Å². The lowest BCUT2D eigenvalue weighted by atomic mass is 9.84. The zero-order valence-corrected chi connectivity index (χ0v) is 18.6. The number of nitrogens with zero attached hydrogens (tertiary/aromatic N) is 5. The monoisotopic (exact) mass is 461 g/mol. The van der Waals surface area contributed by atoms with Crippen LogP contribution in [0.4, 0.5) is 5.69 Å². The van der Waals surface area contributed by atoms with Gasteiger partial charge in [0.25, 0.3) is 0 Å². The third-order valence-electron chi connectivity index (χ3n) is 6.67. The van der Waals surface area contributed by atoms with Crippen molar-refractivity contribution in [1.82, 2.24) is 14.9 Å². The van der Waals surface area contributed by atoms with E-state index >= 15 is 0 Å². The number of rotatable bonds is 2. The molecule has 1 unspecified atom stereocenters. The van der Waals surface area contributed by atoms with Crippen molar-refractivity contribution in [3.8, 4) is 6.07 Å². The fourth-order valence-corrected chi connectivity index (χ4v) is 5.47. The minimum atomic E-state index is 0.495. The third-order valence-corrected chi connectivity index (χ3v) is 7.14. The maximum absolute atomic E-state index is 9.47. The maximum atomic E-state index is 9.47. The predicted molar refractivity (Wildman–Crippen MR) is 123 cm³/mol. The van der Waals surface area contributed by atoms with Crippen molar-refractivity contribution in [3.05, 3.63) is 64.5 Å². The van der Waals surface area contributed by atoms with Crippen molar-refractivity contribution < 1.29 is 0 Å². The number of pyridine rings is 2. The van der Waals surface area contributed by atoms with Gasteiger partial charge in [-0.15, -0.1) is 0 Å². The molecule has 0 radical (unpaired) electrons. The fourth-order valence-electron chi connectivity index (χ4n) is 5.23. The number of hydrogen-bond acceptors (Lipinski definition) is 5. The molecule has 2 saturated heterocycles. The van der Waals surface area contributed by atoms with E-state index in [0.29, 0.717) is 23.6 Å². The van der Waals surface area contributed by atoms with Crippen LogP contribution in [0.5, 0.6) is 0 Å². The summed E-state index contributed by atoms with van der Waals surface area (Å²) in [7, 11) is 0. The summed E-state index contributed by atoms with van der Waals surface area (Å²) in [5, 5.41) is 10.5. The van der Waals surface area contributed by atoms with Crippen LogP contribution in [0.2, 0.25) is 0 Å². The van der Waals surface area contributed by atoms with Crippen LogP contribution < -0.4 is 4.90 Å². The van der Waals surface area contributed by atoms with Gasteiger partial charge in [0, 0.05) is 48.6 Å². The standard InChI is InChI=1S/C24H24BrN5/c1-16-14-29(22-6-4-18(12-26)24-21(22)3-2-9-27-24)15-20-11-17(8-10-30(16)20)19-5-7-23(25)28-13-19/h2-7,9,13,16-17,20H,8,10-11,14-15H2,1H3/t16-,17?,20+/m1/s1. The molecule has 3 atom stereocenters. The predicted octanol–water partition coefficient (Wildman–Crippen LogP) is 4.72. The molecule has 0 amide bonds. The van der Waals surface area contributed by atoms with Crippen molar-refractivity contribution in [2.24, 2.45) is 0 Å². The number of fused-ring (bicyclic) bond motifs is 2. The molecule has 1 aromatic carbocycles. The lowest BCUT2D eigenvalue weighted by Gasteiger charge is -2.50. The number of hydrogen-bond donors (Lipinski definition) is 0. The van der Waals surface area contributed by atoms with Gasteiger partial charge >= 0.3 is 0 Å². The normalized spacial score (nSPS) is 24.4. The summed E-state index contributed by atoms with van der Waals surface area (Å²) in [6.07, 6.45) is 6.13. The average molecular weight is 462 g/mol. The van der Waals surface area contributed by atoms with Gasteiger partial charge in [-0.2, -0.15) is 5.26 Å². The first-order chi connectivity index (χ1) is 14.6. The van der Waals surface area contributed by atoms with Gasteiger partial charge in [-0.25, -0.2) is 4.98 Å². The van der Waals surface area contributed by atoms with E-state index in [4.69, 9.17) is 0 Å². The molecule has 0 N–H and O–H groups in total. The van der Waals surface area contributed by atoms with E-state index in [-0.39, 0.29) is 0 Å². The van der Waals surface area contributed by atoms with Crippen LogP contribution in [-0.4, -0.2) is 46.6 Å². The molecule has 3 aromatic rings. The van der Waals surface area contributed by atoms with Crippen LogP contribution in [0.3, 0.4) is 0 Å². The van der Waals surface area contributed by atoms with Gasteiger partial charge in [-0.05, 0) is 84.1 Å². The van der Waals surface area contributed by atoms with Gasteiger partial charge in [0.15, 0.2) is 0 Å². The number of anilines is 1. The minimum absolute atomic E-state index is 0.495. The molecule has 6 heteroatoms. The van der Waals surface area contributed by atoms with E-state index in [2.05, 4.69) is 66.9 Å². The first kappa shape index (κ1) is 19.5. The maximum Gasteiger partial charge on any atom is 0.106 e. The quantitative estimate of drug-likeness (QED) is 0.516. The smallest absolute Gasteiger partial charge is 0.106 e. The molecule has 5 rings (SSSR count). The Bertz CT molecular complexity index is 1110. The molecule has 0 saturated carbocycles. The van der Waals surface area contributed by atoms with Gasteiger partial charge in [-0.3, -0.25) is 9.88 Å². The Kier molecular flexibility index (Phi) is 5.18. The van der Waals surface area contributed by atoms with Crippen LogP contribution in [0, 0.1) is 11.3 Å². The first-order valence-electron chi connectivity index (χ1n) is 10.5. The van der Waals surface area contributed by atoms with Crippen LogP contribution >= 0.6 is 15.9 Å². The average Bonchev–Trinajstić information content (AvgIpc) is 2.78. The zero-order chi connectivity index (χ0) is 20.7. The van der Waals surface area contributed by atoms with Gasteiger partial charge in [0.2, 0.25) is 0 Å². The zero-order valence-electron chi connectivity index (χ0n) is 17.0. The summed E-state index contributed by atoms with van der Waals surface area (Å²) in [6, 6.07) is 15.6. The Morgan fingerprint density at radius 2 is 2.03 bits per heavy atom. The lowest BCUT2D eigenvalue weighted by molar-refractivity contribution is 0.0765. The third kappa shape index (κ3) is 3.46.